The fourth-order valence-electron chi connectivity index (χ4n) is 1.78. The highest BCUT2D eigenvalue weighted by Gasteiger charge is 2.26. The van der Waals surface area contributed by atoms with Gasteiger partial charge in [0.15, 0.2) is 0 Å². The summed E-state index contributed by atoms with van der Waals surface area (Å²) in [5, 5.41) is 3.43. The minimum atomic E-state index is 0.241. The molecule has 1 atom stereocenters. The lowest BCUT2D eigenvalue weighted by Gasteiger charge is -2.34. The molecule has 0 bridgehead atoms. The van der Waals surface area contributed by atoms with E-state index in [1.165, 1.54) is 0 Å². The largest absolute Gasteiger partial charge is 0.376 e. The molecule has 2 rings (SSSR count). The average Bonchev–Trinajstić information content (AvgIpc) is 2.12. The Labute approximate surface area is 78.8 Å². The van der Waals surface area contributed by atoms with Crippen LogP contribution in [0.5, 0.6) is 0 Å². The predicted molar refractivity (Wildman–Crippen MR) is 49.6 cm³/mol. The second kappa shape index (κ2) is 4.37. The van der Waals surface area contributed by atoms with Gasteiger partial charge >= 0.3 is 0 Å². The van der Waals surface area contributed by atoms with Crippen molar-refractivity contribution in [2.24, 2.45) is 5.73 Å². The lowest BCUT2D eigenvalue weighted by Crippen LogP contribution is -2.51. The van der Waals surface area contributed by atoms with Gasteiger partial charge in [-0.3, -0.25) is 0 Å². The molecule has 2 aliphatic rings. The number of nitrogens with one attached hydrogen (secondary N) is 1. The van der Waals surface area contributed by atoms with Crippen LogP contribution >= 0.6 is 0 Å². The Morgan fingerprint density at radius 3 is 2.77 bits per heavy atom. The maximum Gasteiger partial charge on any atom is 0.0933 e. The Hall–Kier alpha value is -0.160. The van der Waals surface area contributed by atoms with Gasteiger partial charge < -0.3 is 20.5 Å². The minimum absolute atomic E-state index is 0.241. The first-order valence-corrected chi connectivity index (χ1v) is 5.03. The second-order valence-electron chi connectivity index (χ2n) is 3.90. The van der Waals surface area contributed by atoms with Crippen LogP contribution in [0.25, 0.3) is 0 Å². The summed E-state index contributed by atoms with van der Waals surface area (Å²) in [4.78, 5) is 0. The molecule has 1 aliphatic heterocycles. The van der Waals surface area contributed by atoms with Crippen LogP contribution in [-0.2, 0) is 9.47 Å². The third-order valence-electron chi connectivity index (χ3n) is 2.69. The van der Waals surface area contributed by atoms with Crippen molar-refractivity contribution in [3.8, 4) is 0 Å². The fraction of sp³-hybridized carbons (Fsp3) is 1.00. The van der Waals surface area contributed by atoms with Crippen LogP contribution in [0, 0.1) is 0 Å². The zero-order valence-electron chi connectivity index (χ0n) is 7.87. The summed E-state index contributed by atoms with van der Waals surface area (Å²) in [6.07, 6.45) is 2.45. The van der Waals surface area contributed by atoms with Gasteiger partial charge in [0.1, 0.15) is 0 Å². The predicted octanol–water partition coefficient (Wildman–Crippen LogP) is -0.519. The molecule has 76 valence electrons. The zero-order chi connectivity index (χ0) is 9.10. The molecule has 2 fully saturated rings. The maximum atomic E-state index is 5.68. The number of hydrogen-bond acceptors (Lipinski definition) is 4. The molecule has 0 spiro atoms. The molecule has 0 aromatic heterocycles. The van der Waals surface area contributed by atoms with Gasteiger partial charge in [-0.05, 0) is 12.8 Å². The van der Waals surface area contributed by atoms with E-state index >= 15 is 0 Å². The molecular formula is C9H18N2O2. The molecule has 1 aliphatic carbocycles. The van der Waals surface area contributed by atoms with E-state index < -0.39 is 0 Å². The van der Waals surface area contributed by atoms with E-state index in [1.54, 1.807) is 0 Å². The molecule has 1 saturated heterocycles. The van der Waals surface area contributed by atoms with E-state index in [9.17, 15) is 0 Å². The highest BCUT2D eigenvalue weighted by Crippen LogP contribution is 2.17. The summed E-state index contributed by atoms with van der Waals surface area (Å²) in [6.45, 7) is 3.10. The quantitative estimate of drug-likeness (QED) is 0.623. The van der Waals surface area contributed by atoms with Crippen LogP contribution in [0.4, 0.5) is 0 Å². The van der Waals surface area contributed by atoms with Crippen molar-refractivity contribution < 1.29 is 9.47 Å². The van der Waals surface area contributed by atoms with Gasteiger partial charge in [0.2, 0.25) is 0 Å². The van der Waals surface area contributed by atoms with Crippen LogP contribution < -0.4 is 11.1 Å². The molecule has 1 heterocycles. The van der Waals surface area contributed by atoms with Crippen molar-refractivity contribution in [2.75, 3.05) is 26.4 Å². The van der Waals surface area contributed by atoms with Gasteiger partial charge in [0.25, 0.3) is 0 Å². The van der Waals surface area contributed by atoms with E-state index in [2.05, 4.69) is 5.32 Å². The number of nitrogens with two attached hydrogens (primary N) is 1. The van der Waals surface area contributed by atoms with E-state index in [0.717, 1.165) is 39.2 Å². The second-order valence-corrected chi connectivity index (χ2v) is 3.90. The van der Waals surface area contributed by atoms with Crippen molar-refractivity contribution >= 4 is 0 Å². The Balaban J connectivity index is 1.56. The number of rotatable bonds is 3. The molecule has 0 aromatic rings. The van der Waals surface area contributed by atoms with Gasteiger partial charge in [-0.25, -0.2) is 0 Å². The van der Waals surface area contributed by atoms with E-state index in [0.29, 0.717) is 12.1 Å². The van der Waals surface area contributed by atoms with Gasteiger partial charge in [-0.1, -0.05) is 0 Å². The van der Waals surface area contributed by atoms with E-state index in [-0.39, 0.29) is 6.10 Å². The normalized spacial score (nSPS) is 39.9. The minimum Gasteiger partial charge on any atom is -0.376 e. The molecule has 0 aromatic carbocycles. The number of hydrogen-bond donors (Lipinski definition) is 2. The highest BCUT2D eigenvalue weighted by molar-refractivity contribution is 4.88. The molecule has 13 heavy (non-hydrogen) atoms. The Morgan fingerprint density at radius 1 is 1.31 bits per heavy atom. The van der Waals surface area contributed by atoms with Crippen LogP contribution in [0.15, 0.2) is 0 Å². The van der Waals surface area contributed by atoms with Crippen molar-refractivity contribution in [3.63, 3.8) is 0 Å². The molecular weight excluding hydrogens is 168 g/mol. The summed E-state index contributed by atoms with van der Waals surface area (Å²) in [6, 6.07) is 1.03. The maximum absolute atomic E-state index is 5.68. The van der Waals surface area contributed by atoms with Crippen molar-refractivity contribution in [3.05, 3.63) is 0 Å². The SMILES string of the molecule is NC1CC(NCC2COCCO2)C1. The summed E-state index contributed by atoms with van der Waals surface area (Å²) in [7, 11) is 0. The third kappa shape index (κ3) is 2.64. The average molecular weight is 186 g/mol. The van der Waals surface area contributed by atoms with E-state index in [4.69, 9.17) is 15.2 Å². The lowest BCUT2D eigenvalue weighted by atomic mass is 9.87. The van der Waals surface area contributed by atoms with E-state index in [1.807, 2.05) is 0 Å². The summed E-state index contributed by atoms with van der Waals surface area (Å²) in [5.74, 6) is 0. The zero-order valence-corrected chi connectivity index (χ0v) is 7.87. The standard InChI is InChI=1S/C9H18N2O2/c10-7-3-8(4-7)11-5-9-6-12-1-2-13-9/h7-9,11H,1-6,10H2. The Bertz CT molecular complexity index is 154. The third-order valence-corrected chi connectivity index (χ3v) is 2.69. The molecule has 0 radical (unpaired) electrons. The van der Waals surface area contributed by atoms with Crippen molar-refractivity contribution in [1.82, 2.24) is 5.32 Å². The van der Waals surface area contributed by atoms with Gasteiger partial charge in [0.05, 0.1) is 25.9 Å². The van der Waals surface area contributed by atoms with Crippen molar-refractivity contribution in [1.29, 1.82) is 0 Å². The monoisotopic (exact) mass is 186 g/mol. The van der Waals surface area contributed by atoms with Crippen LogP contribution in [0.2, 0.25) is 0 Å². The molecule has 4 heteroatoms. The Morgan fingerprint density at radius 2 is 2.15 bits per heavy atom. The highest BCUT2D eigenvalue weighted by atomic mass is 16.6. The van der Waals surface area contributed by atoms with Crippen LogP contribution in [0.3, 0.4) is 0 Å². The topological polar surface area (TPSA) is 56.5 Å². The van der Waals surface area contributed by atoms with Gasteiger partial charge in [0, 0.05) is 18.6 Å². The lowest BCUT2D eigenvalue weighted by molar-refractivity contribution is -0.0877. The molecule has 1 saturated carbocycles. The van der Waals surface area contributed by atoms with Crippen LogP contribution in [-0.4, -0.2) is 44.6 Å². The molecule has 3 N–H and O–H groups in total. The number of ether oxygens (including phenoxy) is 2. The summed E-state index contributed by atoms with van der Waals surface area (Å²) < 4.78 is 10.8. The first-order valence-electron chi connectivity index (χ1n) is 5.03. The molecule has 1 unspecified atom stereocenters. The first-order chi connectivity index (χ1) is 6.34. The van der Waals surface area contributed by atoms with Crippen LogP contribution in [0.1, 0.15) is 12.8 Å². The summed E-state index contributed by atoms with van der Waals surface area (Å²) in [5.41, 5.74) is 5.68. The molecule has 0 amide bonds. The Kier molecular flexibility index (Phi) is 3.16. The first kappa shape index (κ1) is 9.40. The summed E-state index contributed by atoms with van der Waals surface area (Å²) >= 11 is 0. The van der Waals surface area contributed by atoms with Crippen molar-refractivity contribution in [2.45, 2.75) is 31.0 Å². The fourth-order valence-corrected chi connectivity index (χ4v) is 1.78. The smallest absolute Gasteiger partial charge is 0.0933 e. The molecule has 4 nitrogen and oxygen atoms in total. The van der Waals surface area contributed by atoms with Gasteiger partial charge in [-0.2, -0.15) is 0 Å². The van der Waals surface area contributed by atoms with Gasteiger partial charge in [-0.15, -0.1) is 0 Å².